The molecule has 4 nitrogen and oxygen atoms in total. The molecular formula is C23H19ClF2N2O2S. The number of rotatable bonds is 5. The first-order chi connectivity index (χ1) is 14.9. The van der Waals surface area contributed by atoms with Crippen LogP contribution in [0.15, 0.2) is 54.6 Å². The number of carbonyl (C=O) groups is 1. The first-order valence-electron chi connectivity index (χ1n) is 9.48. The van der Waals surface area contributed by atoms with E-state index in [1.54, 1.807) is 0 Å². The van der Waals surface area contributed by atoms with Gasteiger partial charge in [0.15, 0.2) is 11.6 Å². The van der Waals surface area contributed by atoms with Crippen LogP contribution in [-0.2, 0) is 6.61 Å². The Labute approximate surface area is 187 Å². The Kier molecular flexibility index (Phi) is 7.20. The molecule has 8 heteroatoms. The molecule has 0 saturated heterocycles. The van der Waals surface area contributed by atoms with E-state index in [-0.39, 0.29) is 12.4 Å². The van der Waals surface area contributed by atoms with E-state index in [9.17, 15) is 13.6 Å². The highest BCUT2D eigenvalue weighted by Gasteiger charge is 2.19. The number of amides is 1. The summed E-state index contributed by atoms with van der Waals surface area (Å²) in [6.45, 7) is 3.97. The van der Waals surface area contributed by atoms with E-state index < -0.39 is 23.1 Å². The molecular weight excluding hydrogens is 442 g/mol. The van der Waals surface area contributed by atoms with Crippen molar-refractivity contribution in [1.82, 2.24) is 4.98 Å². The molecule has 4 aromatic rings. The van der Waals surface area contributed by atoms with Gasteiger partial charge in [-0.2, -0.15) is 0 Å². The predicted molar refractivity (Wildman–Crippen MR) is 121 cm³/mol. The third kappa shape index (κ3) is 5.00. The number of halogens is 3. The Balaban J connectivity index is 0.00000132. The maximum absolute atomic E-state index is 14.3. The molecule has 3 aromatic carbocycles. The van der Waals surface area contributed by atoms with Crippen LogP contribution in [0.5, 0.6) is 5.75 Å². The van der Waals surface area contributed by atoms with Crippen LogP contribution < -0.4 is 10.5 Å². The monoisotopic (exact) mass is 460 g/mol. The largest absolute Gasteiger partial charge is 0.483 e. The van der Waals surface area contributed by atoms with Gasteiger partial charge in [0.25, 0.3) is 5.91 Å². The van der Waals surface area contributed by atoms with Gasteiger partial charge in [-0.3, -0.25) is 4.79 Å². The summed E-state index contributed by atoms with van der Waals surface area (Å²) in [6.07, 6.45) is 0. The molecule has 160 valence electrons. The zero-order valence-electron chi connectivity index (χ0n) is 16.8. The second-order valence-corrected chi connectivity index (χ2v) is 7.74. The quantitative estimate of drug-likeness (QED) is 0.365. The van der Waals surface area contributed by atoms with E-state index >= 15 is 0 Å². The van der Waals surface area contributed by atoms with E-state index in [4.69, 9.17) is 22.1 Å². The van der Waals surface area contributed by atoms with E-state index in [2.05, 4.69) is 4.98 Å². The average molecular weight is 461 g/mol. The van der Waals surface area contributed by atoms with Gasteiger partial charge in [-0.05, 0) is 47.5 Å². The standard InChI is InChI=1S/C21H13ClF2N2O2S.C2H6/c22-13-4-1-11(2-5-13)12-3-8-17-15(9-12)26-18(29-17)10-28-16-7-6-14(23)19(20(16)24)21(25)27;1-2/h1-9H,10H2,(H2,25,27);1-2H3. The Morgan fingerprint density at radius 1 is 1.06 bits per heavy atom. The molecule has 2 N–H and O–H groups in total. The van der Waals surface area contributed by atoms with Gasteiger partial charge in [-0.1, -0.05) is 43.6 Å². The molecule has 0 unspecified atom stereocenters. The van der Waals surface area contributed by atoms with Gasteiger partial charge in [0.1, 0.15) is 23.0 Å². The number of aromatic nitrogens is 1. The molecule has 0 spiro atoms. The van der Waals surface area contributed by atoms with Gasteiger partial charge in [0, 0.05) is 5.02 Å². The van der Waals surface area contributed by atoms with E-state index in [0.29, 0.717) is 10.0 Å². The van der Waals surface area contributed by atoms with Crippen LogP contribution in [0.4, 0.5) is 8.78 Å². The number of hydrogen-bond donors (Lipinski definition) is 1. The number of thiazole rings is 1. The number of nitrogens with two attached hydrogens (primary N) is 1. The number of benzene rings is 3. The van der Waals surface area contributed by atoms with Crippen LogP contribution in [0.3, 0.4) is 0 Å². The van der Waals surface area contributed by atoms with E-state index in [0.717, 1.165) is 33.5 Å². The Hall–Kier alpha value is -3.03. The molecule has 0 radical (unpaired) electrons. The SMILES string of the molecule is CC.NC(=O)c1c(F)ccc(OCc2nc3cc(-c4ccc(Cl)cc4)ccc3s2)c1F. The first kappa shape index (κ1) is 22.7. The fourth-order valence-electron chi connectivity index (χ4n) is 2.87. The zero-order chi connectivity index (χ0) is 22.5. The summed E-state index contributed by atoms with van der Waals surface area (Å²) in [4.78, 5) is 15.7. The van der Waals surface area contributed by atoms with Crippen molar-refractivity contribution in [2.75, 3.05) is 0 Å². The summed E-state index contributed by atoms with van der Waals surface area (Å²) in [5.41, 5.74) is 6.97. The molecule has 0 atom stereocenters. The van der Waals surface area contributed by atoms with Crippen molar-refractivity contribution < 1.29 is 18.3 Å². The minimum atomic E-state index is -1.19. The molecule has 31 heavy (non-hydrogen) atoms. The molecule has 4 rings (SSSR count). The first-order valence-corrected chi connectivity index (χ1v) is 10.7. The Bertz CT molecular complexity index is 1230. The smallest absolute Gasteiger partial charge is 0.254 e. The summed E-state index contributed by atoms with van der Waals surface area (Å²) >= 11 is 7.33. The summed E-state index contributed by atoms with van der Waals surface area (Å²) in [7, 11) is 0. The van der Waals surface area contributed by atoms with Crippen molar-refractivity contribution >= 4 is 39.1 Å². The minimum Gasteiger partial charge on any atom is -0.483 e. The molecule has 0 bridgehead atoms. The van der Waals surface area contributed by atoms with Gasteiger partial charge in [0.05, 0.1) is 10.2 Å². The van der Waals surface area contributed by atoms with Gasteiger partial charge in [0.2, 0.25) is 0 Å². The third-order valence-electron chi connectivity index (χ3n) is 4.26. The van der Waals surface area contributed by atoms with Crippen LogP contribution in [0.1, 0.15) is 29.2 Å². The lowest BCUT2D eigenvalue weighted by molar-refractivity contribution is 0.0991. The number of fused-ring (bicyclic) bond motifs is 1. The lowest BCUT2D eigenvalue weighted by atomic mass is 10.1. The zero-order valence-corrected chi connectivity index (χ0v) is 18.4. The maximum Gasteiger partial charge on any atom is 0.254 e. The normalized spacial score (nSPS) is 10.5. The Morgan fingerprint density at radius 3 is 2.42 bits per heavy atom. The second kappa shape index (κ2) is 9.85. The van der Waals surface area contributed by atoms with Crippen LogP contribution in [0.2, 0.25) is 5.02 Å². The maximum atomic E-state index is 14.3. The minimum absolute atomic E-state index is 0.0314. The summed E-state index contributed by atoms with van der Waals surface area (Å²) in [5, 5.41) is 1.27. The van der Waals surface area contributed by atoms with Crippen molar-refractivity contribution in [2.45, 2.75) is 20.5 Å². The summed E-state index contributed by atoms with van der Waals surface area (Å²) < 4.78 is 34.2. The molecule has 1 heterocycles. The molecule has 0 saturated carbocycles. The van der Waals surface area contributed by atoms with Crippen molar-refractivity contribution in [3.8, 4) is 16.9 Å². The van der Waals surface area contributed by atoms with Crippen LogP contribution >= 0.6 is 22.9 Å². The van der Waals surface area contributed by atoms with Gasteiger partial charge in [-0.15, -0.1) is 11.3 Å². The number of nitrogens with zero attached hydrogens (tertiary/aromatic N) is 1. The van der Waals surface area contributed by atoms with Crippen molar-refractivity contribution in [3.05, 3.63) is 81.8 Å². The molecule has 0 aliphatic heterocycles. The fourth-order valence-corrected chi connectivity index (χ4v) is 3.86. The second-order valence-electron chi connectivity index (χ2n) is 6.18. The predicted octanol–water partition coefficient (Wildman–Crippen LogP) is 6.60. The molecule has 1 amide bonds. The van der Waals surface area contributed by atoms with Crippen LogP contribution in [-0.4, -0.2) is 10.9 Å². The number of ether oxygens (including phenoxy) is 1. The van der Waals surface area contributed by atoms with Crippen molar-refractivity contribution in [1.29, 1.82) is 0 Å². The highest BCUT2D eigenvalue weighted by Crippen LogP contribution is 2.30. The van der Waals surface area contributed by atoms with Crippen molar-refractivity contribution in [3.63, 3.8) is 0 Å². The fraction of sp³-hybridized carbons (Fsp3) is 0.130. The van der Waals surface area contributed by atoms with E-state index in [1.165, 1.54) is 11.3 Å². The number of hydrogen-bond acceptors (Lipinski definition) is 4. The molecule has 0 fully saturated rings. The van der Waals surface area contributed by atoms with Crippen LogP contribution in [0.25, 0.3) is 21.3 Å². The molecule has 1 aromatic heterocycles. The average Bonchev–Trinajstić information content (AvgIpc) is 3.17. The molecule has 0 aliphatic carbocycles. The lowest BCUT2D eigenvalue weighted by Crippen LogP contribution is -2.16. The third-order valence-corrected chi connectivity index (χ3v) is 5.52. The number of primary amides is 1. The lowest BCUT2D eigenvalue weighted by Gasteiger charge is -2.08. The molecule has 0 aliphatic rings. The summed E-state index contributed by atoms with van der Waals surface area (Å²) in [5.74, 6) is -3.61. The highest BCUT2D eigenvalue weighted by molar-refractivity contribution is 7.18. The topological polar surface area (TPSA) is 65.2 Å². The van der Waals surface area contributed by atoms with Gasteiger partial charge < -0.3 is 10.5 Å². The van der Waals surface area contributed by atoms with Gasteiger partial charge >= 0.3 is 0 Å². The Morgan fingerprint density at radius 2 is 1.74 bits per heavy atom. The van der Waals surface area contributed by atoms with Crippen LogP contribution in [0, 0.1) is 11.6 Å². The van der Waals surface area contributed by atoms with Crippen molar-refractivity contribution in [2.24, 2.45) is 5.73 Å². The van der Waals surface area contributed by atoms with Gasteiger partial charge in [-0.25, -0.2) is 13.8 Å². The highest BCUT2D eigenvalue weighted by atomic mass is 35.5. The van der Waals surface area contributed by atoms with E-state index in [1.807, 2.05) is 56.3 Å². The summed E-state index contributed by atoms with van der Waals surface area (Å²) in [6, 6.07) is 15.4. The number of carbonyl (C=O) groups excluding carboxylic acids is 1.